The molecule has 168 valence electrons. The van der Waals surface area contributed by atoms with Crippen molar-refractivity contribution in [2.24, 2.45) is 0 Å². The Bertz CT molecular complexity index is 994. The number of thiophene rings is 1. The van der Waals surface area contributed by atoms with E-state index in [1.807, 2.05) is 17.5 Å². The predicted octanol–water partition coefficient (Wildman–Crippen LogP) is 0.452. The molecule has 3 heterocycles. The van der Waals surface area contributed by atoms with Gasteiger partial charge in [-0.05, 0) is 29.1 Å². The van der Waals surface area contributed by atoms with Gasteiger partial charge in [0.2, 0.25) is 5.78 Å². The summed E-state index contributed by atoms with van der Waals surface area (Å²) in [7, 11) is 0. The number of ketones is 1. The van der Waals surface area contributed by atoms with Gasteiger partial charge in [-0.25, -0.2) is 0 Å². The Labute approximate surface area is 191 Å². The highest BCUT2D eigenvalue weighted by Gasteiger charge is 2.44. The summed E-state index contributed by atoms with van der Waals surface area (Å²) in [5.74, 6) is -1.13. The highest BCUT2D eigenvalue weighted by atomic mass is 32.1. The van der Waals surface area contributed by atoms with Crippen LogP contribution in [0.4, 0.5) is 0 Å². The minimum absolute atomic E-state index is 0.0224. The number of ether oxygens (including phenoxy) is 2. The lowest BCUT2D eigenvalue weighted by Gasteiger charge is -2.29. The van der Waals surface area contributed by atoms with Gasteiger partial charge in [0.05, 0.1) is 32.3 Å². The van der Waals surface area contributed by atoms with E-state index in [1.165, 1.54) is 16.2 Å². The normalized spacial score (nSPS) is 21.1. The number of nitrogens with one attached hydrogen (secondary N) is 1. The van der Waals surface area contributed by atoms with E-state index in [4.69, 9.17) is 9.47 Å². The lowest BCUT2D eigenvalue weighted by Crippen LogP contribution is -3.14. The van der Waals surface area contributed by atoms with Gasteiger partial charge in [-0.1, -0.05) is 36.6 Å². The van der Waals surface area contributed by atoms with Crippen molar-refractivity contribution >= 4 is 28.8 Å². The molecule has 8 heteroatoms. The number of rotatable bonds is 8. The predicted molar refractivity (Wildman–Crippen MR) is 119 cm³/mol. The van der Waals surface area contributed by atoms with Gasteiger partial charge in [-0.15, -0.1) is 11.3 Å². The molecule has 1 atom stereocenters. The number of nitrogens with zero attached hydrogens (tertiary/aromatic N) is 1. The maximum Gasteiger partial charge on any atom is 0.295 e. The Hall–Kier alpha value is -2.94. The smallest absolute Gasteiger partial charge is 0.295 e. The molecule has 0 radical (unpaired) electrons. The Balaban J connectivity index is 1.64. The molecule has 0 aliphatic carbocycles. The second kappa shape index (κ2) is 10.1. The van der Waals surface area contributed by atoms with E-state index >= 15 is 0 Å². The molecule has 2 fully saturated rings. The fraction of sp³-hybridized carbons (Fsp3) is 0.333. The van der Waals surface area contributed by atoms with Crippen molar-refractivity contribution < 1.29 is 29.1 Å². The number of carbonyl (C=O) groups is 2. The molecule has 2 saturated heterocycles. The molecule has 32 heavy (non-hydrogen) atoms. The molecule has 2 aromatic rings. The van der Waals surface area contributed by atoms with Crippen LogP contribution in [0.15, 0.2) is 60.0 Å². The van der Waals surface area contributed by atoms with Crippen molar-refractivity contribution in [3.8, 4) is 5.75 Å². The molecular formula is C24H26N2O5S. The summed E-state index contributed by atoms with van der Waals surface area (Å²) in [6.45, 7) is 8.22. The number of carbonyl (C=O) groups excluding carboxylic acids is 2. The Kier molecular flexibility index (Phi) is 7.04. The Morgan fingerprint density at radius 3 is 2.66 bits per heavy atom. The van der Waals surface area contributed by atoms with E-state index < -0.39 is 23.5 Å². The number of benzene rings is 1. The van der Waals surface area contributed by atoms with Gasteiger partial charge in [0.25, 0.3) is 5.91 Å². The van der Waals surface area contributed by atoms with E-state index in [1.54, 1.807) is 35.2 Å². The highest BCUT2D eigenvalue weighted by molar-refractivity contribution is 7.10. The van der Waals surface area contributed by atoms with Gasteiger partial charge < -0.3 is 24.4 Å². The zero-order chi connectivity index (χ0) is 22.5. The largest absolute Gasteiger partial charge is 0.872 e. The van der Waals surface area contributed by atoms with Gasteiger partial charge in [0.15, 0.2) is 0 Å². The molecule has 1 unspecified atom stereocenters. The molecule has 7 nitrogen and oxygen atoms in total. The van der Waals surface area contributed by atoms with Crippen LogP contribution in [0.5, 0.6) is 5.75 Å². The lowest BCUT2D eigenvalue weighted by molar-refractivity contribution is -0.907. The average molecular weight is 455 g/mol. The summed E-state index contributed by atoms with van der Waals surface area (Å²) in [5.41, 5.74) is 0.378. The maximum absolute atomic E-state index is 13.4. The first kappa shape index (κ1) is 22.3. The third kappa shape index (κ3) is 4.62. The SMILES string of the molecule is C=CCOc1ccc(C([O-])=C2C(=O)C(=O)N(CC[NH+]3CCOCC3)C2c2cccs2)cc1. The first-order chi connectivity index (χ1) is 15.6. The van der Waals surface area contributed by atoms with Crippen LogP contribution in [0.25, 0.3) is 5.76 Å². The molecular weight excluding hydrogens is 428 g/mol. The minimum atomic E-state index is -0.711. The number of morpholine rings is 1. The summed E-state index contributed by atoms with van der Waals surface area (Å²) in [6, 6.07) is 9.69. The molecule has 1 aromatic heterocycles. The van der Waals surface area contributed by atoms with Crippen LogP contribution in [-0.4, -0.2) is 62.6 Å². The summed E-state index contributed by atoms with van der Waals surface area (Å²) < 4.78 is 10.9. The lowest BCUT2D eigenvalue weighted by atomic mass is 10.00. The van der Waals surface area contributed by atoms with Crippen LogP contribution in [0, 0.1) is 0 Å². The summed E-state index contributed by atoms with van der Waals surface area (Å²) in [6.07, 6.45) is 1.64. The average Bonchev–Trinajstić information content (AvgIpc) is 3.44. The van der Waals surface area contributed by atoms with Crippen molar-refractivity contribution in [2.45, 2.75) is 6.04 Å². The molecule has 1 amide bonds. The van der Waals surface area contributed by atoms with Crippen LogP contribution in [0.2, 0.25) is 0 Å². The van der Waals surface area contributed by atoms with Crippen LogP contribution >= 0.6 is 11.3 Å². The van der Waals surface area contributed by atoms with E-state index in [0.717, 1.165) is 18.0 Å². The second-order valence-electron chi connectivity index (χ2n) is 7.72. The number of likely N-dealkylation sites (tertiary alicyclic amines) is 1. The van der Waals surface area contributed by atoms with Gasteiger partial charge in [0.1, 0.15) is 25.4 Å². The third-order valence-electron chi connectivity index (χ3n) is 5.73. The highest BCUT2D eigenvalue weighted by Crippen LogP contribution is 2.40. The Morgan fingerprint density at radius 2 is 2.00 bits per heavy atom. The zero-order valence-electron chi connectivity index (χ0n) is 17.7. The number of Topliss-reactive ketones (excluding diaryl/α,β-unsaturated/α-hetero) is 1. The summed E-state index contributed by atoms with van der Waals surface area (Å²) in [5, 5.41) is 15.3. The van der Waals surface area contributed by atoms with Crippen molar-refractivity contribution in [1.29, 1.82) is 0 Å². The fourth-order valence-corrected chi connectivity index (χ4v) is 4.89. The Morgan fingerprint density at radius 1 is 1.25 bits per heavy atom. The molecule has 1 N–H and O–H groups in total. The third-order valence-corrected chi connectivity index (χ3v) is 6.66. The second-order valence-corrected chi connectivity index (χ2v) is 8.70. The van der Waals surface area contributed by atoms with Crippen molar-refractivity contribution in [2.75, 3.05) is 46.0 Å². The van der Waals surface area contributed by atoms with E-state index in [9.17, 15) is 14.7 Å². The number of amides is 1. The topological polar surface area (TPSA) is 83.3 Å². The maximum atomic E-state index is 13.4. The zero-order valence-corrected chi connectivity index (χ0v) is 18.6. The number of hydrogen-bond donors (Lipinski definition) is 1. The van der Waals surface area contributed by atoms with Gasteiger partial charge in [-0.2, -0.15) is 0 Å². The minimum Gasteiger partial charge on any atom is -0.872 e. The standard InChI is InChI=1S/C24H26N2O5S/c1-2-13-31-18-7-5-17(6-8-18)22(27)20-21(19-4-3-16-32-19)26(24(29)23(20)28)10-9-25-11-14-30-15-12-25/h2-8,16,21,27H,1,9-15H2. The van der Waals surface area contributed by atoms with Crippen molar-refractivity contribution in [1.82, 2.24) is 4.90 Å². The molecule has 4 rings (SSSR count). The fourth-order valence-electron chi connectivity index (χ4n) is 4.05. The van der Waals surface area contributed by atoms with E-state index in [-0.39, 0.29) is 5.57 Å². The first-order valence-electron chi connectivity index (χ1n) is 10.7. The van der Waals surface area contributed by atoms with E-state index in [2.05, 4.69) is 6.58 Å². The van der Waals surface area contributed by atoms with E-state index in [0.29, 0.717) is 44.2 Å². The molecule has 2 aliphatic heterocycles. The van der Waals surface area contributed by atoms with Gasteiger partial charge in [-0.3, -0.25) is 9.59 Å². The monoisotopic (exact) mass is 454 g/mol. The van der Waals surface area contributed by atoms with Crippen LogP contribution in [0.1, 0.15) is 16.5 Å². The molecule has 0 saturated carbocycles. The van der Waals surface area contributed by atoms with Gasteiger partial charge in [0, 0.05) is 10.5 Å². The molecule has 1 aromatic carbocycles. The van der Waals surface area contributed by atoms with Crippen molar-refractivity contribution in [3.05, 3.63) is 70.4 Å². The van der Waals surface area contributed by atoms with Crippen LogP contribution in [0.3, 0.4) is 0 Å². The van der Waals surface area contributed by atoms with Gasteiger partial charge >= 0.3 is 0 Å². The molecule has 2 aliphatic rings. The summed E-state index contributed by atoms with van der Waals surface area (Å²) in [4.78, 5) is 29.6. The number of quaternary nitrogens is 1. The summed E-state index contributed by atoms with van der Waals surface area (Å²) >= 11 is 1.44. The molecule has 0 bridgehead atoms. The number of hydrogen-bond acceptors (Lipinski definition) is 6. The molecule has 0 spiro atoms. The van der Waals surface area contributed by atoms with Crippen LogP contribution < -0.4 is 14.7 Å². The van der Waals surface area contributed by atoms with Crippen molar-refractivity contribution in [3.63, 3.8) is 0 Å². The quantitative estimate of drug-likeness (QED) is 0.271. The first-order valence-corrected chi connectivity index (χ1v) is 11.5. The van der Waals surface area contributed by atoms with Crippen LogP contribution in [-0.2, 0) is 14.3 Å².